The lowest BCUT2D eigenvalue weighted by Crippen LogP contribution is -2.07. The maximum Gasteiger partial charge on any atom is 0.417 e. The van der Waals surface area contributed by atoms with E-state index in [1.165, 1.54) is 6.07 Å². The molecule has 0 saturated heterocycles. The van der Waals surface area contributed by atoms with E-state index in [1.54, 1.807) is 0 Å². The molecule has 0 unspecified atom stereocenters. The molecule has 1 nitrogen and oxygen atoms in total. The highest BCUT2D eigenvalue weighted by atomic mass is 79.9. The number of benzene rings is 1. The van der Waals surface area contributed by atoms with E-state index in [9.17, 15) is 13.2 Å². The fourth-order valence-electron chi connectivity index (χ4n) is 0.837. The number of nitrogen functional groups attached to an aromatic ring is 1. The summed E-state index contributed by atoms with van der Waals surface area (Å²) in [6.07, 6.45) is -4.41. The number of anilines is 1. The van der Waals surface area contributed by atoms with Crippen LogP contribution in [0.3, 0.4) is 0 Å². The van der Waals surface area contributed by atoms with Gasteiger partial charge in [-0.25, -0.2) is 0 Å². The molecule has 0 heterocycles. The van der Waals surface area contributed by atoms with Crippen molar-refractivity contribution in [2.24, 2.45) is 0 Å². The molecule has 0 bridgehead atoms. The summed E-state index contributed by atoms with van der Waals surface area (Å²) < 4.78 is 36.7. The molecule has 1 aromatic carbocycles. The molecule has 0 atom stereocenters. The summed E-state index contributed by atoms with van der Waals surface area (Å²) in [7, 11) is 0. The zero-order valence-electron chi connectivity index (χ0n) is 6.19. The van der Waals surface area contributed by atoms with Crippen molar-refractivity contribution >= 4 is 34.2 Å². The largest absolute Gasteiger partial charge is 0.417 e. The van der Waals surface area contributed by atoms with Crippen molar-refractivity contribution in [2.45, 2.75) is 11.1 Å². The highest BCUT2D eigenvalue weighted by molar-refractivity contribution is 9.10. The van der Waals surface area contributed by atoms with Crippen molar-refractivity contribution in [1.29, 1.82) is 0 Å². The predicted octanol–water partition coefficient (Wildman–Crippen LogP) is 3.34. The molecule has 0 spiro atoms. The molecular formula is C7H5BrF3NS. The molecule has 0 radical (unpaired) electrons. The van der Waals surface area contributed by atoms with E-state index in [0.717, 1.165) is 6.07 Å². The van der Waals surface area contributed by atoms with Gasteiger partial charge in [0.25, 0.3) is 0 Å². The second kappa shape index (κ2) is 3.42. The molecule has 0 aliphatic carbocycles. The van der Waals surface area contributed by atoms with Crippen LogP contribution in [-0.4, -0.2) is 0 Å². The Morgan fingerprint density at radius 1 is 1.31 bits per heavy atom. The summed E-state index contributed by atoms with van der Waals surface area (Å²) >= 11 is 6.57. The van der Waals surface area contributed by atoms with Gasteiger partial charge >= 0.3 is 6.18 Å². The lowest BCUT2D eigenvalue weighted by Gasteiger charge is -2.11. The van der Waals surface area contributed by atoms with Gasteiger partial charge < -0.3 is 5.73 Å². The number of nitrogens with two attached hydrogens (primary N) is 1. The number of halogens is 4. The van der Waals surface area contributed by atoms with Crippen molar-refractivity contribution in [3.05, 3.63) is 22.2 Å². The van der Waals surface area contributed by atoms with Crippen LogP contribution in [0.25, 0.3) is 0 Å². The number of thiol groups is 1. The number of alkyl halides is 3. The van der Waals surface area contributed by atoms with Gasteiger partial charge in [0.1, 0.15) is 0 Å². The summed E-state index contributed by atoms with van der Waals surface area (Å²) in [6.45, 7) is 0. The van der Waals surface area contributed by atoms with Crippen molar-refractivity contribution in [2.75, 3.05) is 5.73 Å². The number of hydrogen-bond donors (Lipinski definition) is 2. The SMILES string of the molecule is Nc1cc(S)cc(C(F)(F)F)c1Br. The summed E-state index contributed by atoms with van der Waals surface area (Å²) in [6, 6.07) is 2.27. The standard InChI is InChI=1S/C7H5BrF3NS/c8-6-4(7(9,10)11)1-3(13)2-5(6)12/h1-2,13H,12H2. The van der Waals surface area contributed by atoms with Gasteiger partial charge in [0, 0.05) is 10.6 Å². The van der Waals surface area contributed by atoms with E-state index in [4.69, 9.17) is 5.73 Å². The minimum atomic E-state index is -4.41. The first-order valence-electron chi connectivity index (χ1n) is 3.17. The van der Waals surface area contributed by atoms with Crippen LogP contribution in [0, 0.1) is 0 Å². The predicted molar refractivity (Wildman–Crippen MR) is 50.8 cm³/mol. The Morgan fingerprint density at radius 3 is 2.31 bits per heavy atom. The molecule has 0 aliphatic rings. The van der Waals surface area contributed by atoms with Crippen LogP contribution in [0.15, 0.2) is 21.5 Å². The quantitative estimate of drug-likeness (QED) is 0.549. The van der Waals surface area contributed by atoms with Crippen LogP contribution in [0.1, 0.15) is 5.56 Å². The fraction of sp³-hybridized carbons (Fsp3) is 0.143. The monoisotopic (exact) mass is 271 g/mol. The molecule has 6 heteroatoms. The minimum absolute atomic E-state index is 0.0276. The van der Waals surface area contributed by atoms with E-state index in [0.29, 0.717) is 0 Å². The average molecular weight is 272 g/mol. The first-order valence-corrected chi connectivity index (χ1v) is 4.41. The fourth-order valence-corrected chi connectivity index (χ4v) is 1.56. The molecule has 72 valence electrons. The second-order valence-electron chi connectivity index (χ2n) is 2.39. The molecule has 1 aromatic rings. The second-order valence-corrected chi connectivity index (χ2v) is 3.70. The van der Waals surface area contributed by atoms with Gasteiger partial charge in [-0.05, 0) is 28.1 Å². The van der Waals surface area contributed by atoms with Crippen molar-refractivity contribution in [1.82, 2.24) is 0 Å². The molecular weight excluding hydrogens is 267 g/mol. The van der Waals surface area contributed by atoms with Crippen molar-refractivity contribution in [3.8, 4) is 0 Å². The Morgan fingerprint density at radius 2 is 1.85 bits per heavy atom. The summed E-state index contributed by atoms with van der Waals surface area (Å²) in [5, 5.41) is 0. The first kappa shape index (κ1) is 10.7. The molecule has 1 rings (SSSR count). The van der Waals surface area contributed by atoms with Gasteiger partial charge in [-0.2, -0.15) is 13.2 Å². The van der Waals surface area contributed by atoms with Gasteiger partial charge in [-0.3, -0.25) is 0 Å². The zero-order chi connectivity index (χ0) is 10.2. The number of hydrogen-bond acceptors (Lipinski definition) is 2. The normalized spacial score (nSPS) is 11.8. The number of rotatable bonds is 0. The Labute approximate surface area is 86.7 Å². The molecule has 0 aliphatic heterocycles. The topological polar surface area (TPSA) is 26.0 Å². The lowest BCUT2D eigenvalue weighted by molar-refractivity contribution is -0.138. The Kier molecular flexibility index (Phi) is 2.82. The third kappa shape index (κ3) is 2.31. The molecule has 0 saturated carbocycles. The van der Waals surface area contributed by atoms with Crippen LogP contribution in [0.5, 0.6) is 0 Å². The zero-order valence-corrected chi connectivity index (χ0v) is 8.67. The van der Waals surface area contributed by atoms with Crippen LogP contribution < -0.4 is 5.73 Å². The molecule has 13 heavy (non-hydrogen) atoms. The van der Waals surface area contributed by atoms with Gasteiger partial charge in [0.15, 0.2) is 0 Å². The Bertz CT molecular complexity index is 337. The van der Waals surface area contributed by atoms with Gasteiger partial charge in [0.2, 0.25) is 0 Å². The van der Waals surface area contributed by atoms with Crippen LogP contribution in [-0.2, 0) is 6.18 Å². The van der Waals surface area contributed by atoms with Gasteiger partial charge in [-0.15, -0.1) is 12.6 Å². The molecule has 0 fully saturated rings. The third-order valence-corrected chi connectivity index (χ3v) is 2.53. The molecule has 0 amide bonds. The molecule has 0 aromatic heterocycles. The Hall–Kier alpha value is -0.360. The van der Waals surface area contributed by atoms with Crippen molar-refractivity contribution < 1.29 is 13.2 Å². The lowest BCUT2D eigenvalue weighted by atomic mass is 10.2. The average Bonchev–Trinajstić information content (AvgIpc) is 1.94. The highest BCUT2D eigenvalue weighted by Gasteiger charge is 2.33. The first-order chi connectivity index (χ1) is 5.82. The van der Waals surface area contributed by atoms with E-state index < -0.39 is 11.7 Å². The van der Waals surface area contributed by atoms with Crippen molar-refractivity contribution in [3.63, 3.8) is 0 Å². The van der Waals surface area contributed by atoms with Crippen LogP contribution in [0.4, 0.5) is 18.9 Å². The summed E-state index contributed by atoms with van der Waals surface area (Å²) in [5.41, 5.74) is 4.54. The minimum Gasteiger partial charge on any atom is -0.398 e. The van der Waals surface area contributed by atoms with Crippen LogP contribution in [0.2, 0.25) is 0 Å². The summed E-state index contributed by atoms with van der Waals surface area (Å²) in [4.78, 5) is 0.188. The van der Waals surface area contributed by atoms with E-state index in [-0.39, 0.29) is 15.1 Å². The molecule has 2 N–H and O–H groups in total. The van der Waals surface area contributed by atoms with Gasteiger partial charge in [0.05, 0.1) is 10.0 Å². The maximum atomic E-state index is 12.3. The smallest absolute Gasteiger partial charge is 0.398 e. The highest BCUT2D eigenvalue weighted by Crippen LogP contribution is 2.38. The Balaban J connectivity index is 3.37. The van der Waals surface area contributed by atoms with E-state index in [1.807, 2.05) is 0 Å². The summed E-state index contributed by atoms with van der Waals surface area (Å²) in [5.74, 6) is 0. The third-order valence-electron chi connectivity index (χ3n) is 1.39. The van der Waals surface area contributed by atoms with Crippen LogP contribution >= 0.6 is 28.6 Å². The van der Waals surface area contributed by atoms with E-state index >= 15 is 0 Å². The van der Waals surface area contributed by atoms with E-state index in [2.05, 4.69) is 28.6 Å². The van der Waals surface area contributed by atoms with Gasteiger partial charge in [-0.1, -0.05) is 0 Å². The maximum absolute atomic E-state index is 12.3.